The van der Waals surface area contributed by atoms with Crippen LogP contribution in [0.2, 0.25) is 0 Å². The van der Waals surface area contributed by atoms with E-state index in [0.29, 0.717) is 5.69 Å². The van der Waals surface area contributed by atoms with Crippen LogP contribution in [0.25, 0.3) is 0 Å². The van der Waals surface area contributed by atoms with Gasteiger partial charge in [-0.3, -0.25) is 0 Å². The van der Waals surface area contributed by atoms with E-state index >= 15 is 0 Å². The lowest BCUT2D eigenvalue weighted by molar-refractivity contribution is 0.0696. The molecule has 0 aromatic heterocycles. The van der Waals surface area contributed by atoms with Crippen molar-refractivity contribution in [3.8, 4) is 0 Å². The summed E-state index contributed by atoms with van der Waals surface area (Å²) < 4.78 is 28.5. The van der Waals surface area contributed by atoms with Gasteiger partial charge in [0.2, 0.25) is 10.0 Å². The summed E-state index contributed by atoms with van der Waals surface area (Å²) in [7, 11) is -3.95. The standard InChI is InChI=1S/C22H22N2O4S/c1-16(18-10-6-3-7-11-18)24-20-13-12-19(22(25)26)14-21(20)29(27,28)23-15-17-8-4-2-5-9-17/h2-14,16,23-24H,15H2,1H3,(H,25,26)/t16-/m1/s1. The second-order valence-electron chi connectivity index (χ2n) is 6.60. The van der Waals surface area contributed by atoms with Crippen molar-refractivity contribution in [2.75, 3.05) is 5.32 Å². The minimum Gasteiger partial charge on any atom is -0.478 e. The summed E-state index contributed by atoms with van der Waals surface area (Å²) in [5.74, 6) is -1.19. The van der Waals surface area contributed by atoms with Crippen molar-refractivity contribution in [1.82, 2.24) is 4.72 Å². The molecule has 0 aliphatic heterocycles. The average molecular weight is 410 g/mol. The van der Waals surface area contributed by atoms with Gasteiger partial charge < -0.3 is 10.4 Å². The number of carboxylic acid groups (broad SMARTS) is 1. The molecule has 3 aromatic carbocycles. The maximum Gasteiger partial charge on any atom is 0.335 e. The van der Waals surface area contributed by atoms with Crippen molar-refractivity contribution in [2.45, 2.75) is 24.4 Å². The molecule has 6 nitrogen and oxygen atoms in total. The molecule has 0 saturated heterocycles. The molecule has 150 valence electrons. The van der Waals surface area contributed by atoms with Crippen LogP contribution in [0.5, 0.6) is 0 Å². The normalized spacial score (nSPS) is 12.3. The Morgan fingerprint density at radius 1 is 0.966 bits per heavy atom. The Hall–Kier alpha value is -3.16. The van der Waals surface area contributed by atoms with Crippen molar-refractivity contribution in [3.05, 3.63) is 95.6 Å². The quantitative estimate of drug-likeness (QED) is 0.521. The number of aromatic carboxylic acids is 1. The zero-order valence-corrected chi connectivity index (χ0v) is 16.7. The van der Waals surface area contributed by atoms with E-state index in [1.807, 2.05) is 67.6 Å². The molecule has 29 heavy (non-hydrogen) atoms. The van der Waals surface area contributed by atoms with Crippen LogP contribution in [-0.4, -0.2) is 19.5 Å². The molecule has 0 bridgehead atoms. The Morgan fingerprint density at radius 3 is 2.21 bits per heavy atom. The number of carbonyl (C=O) groups is 1. The Bertz CT molecular complexity index is 1080. The van der Waals surface area contributed by atoms with Crippen LogP contribution >= 0.6 is 0 Å². The van der Waals surface area contributed by atoms with E-state index in [1.165, 1.54) is 18.2 Å². The molecule has 0 unspecified atom stereocenters. The highest BCUT2D eigenvalue weighted by Gasteiger charge is 2.22. The lowest BCUT2D eigenvalue weighted by atomic mass is 10.1. The number of hydrogen-bond acceptors (Lipinski definition) is 4. The molecule has 1 atom stereocenters. The van der Waals surface area contributed by atoms with Gasteiger partial charge in [-0.25, -0.2) is 17.9 Å². The predicted octanol–water partition coefficient (Wildman–Crippen LogP) is 4.04. The SMILES string of the molecule is C[C@@H](Nc1ccc(C(=O)O)cc1S(=O)(=O)NCc1ccccc1)c1ccccc1. The third-order valence-electron chi connectivity index (χ3n) is 4.50. The van der Waals surface area contributed by atoms with Crippen LogP contribution in [0.1, 0.15) is 34.5 Å². The molecule has 0 heterocycles. The summed E-state index contributed by atoms with van der Waals surface area (Å²) in [6.45, 7) is 2.02. The van der Waals surface area contributed by atoms with Crippen molar-refractivity contribution in [1.29, 1.82) is 0 Å². The Balaban J connectivity index is 1.92. The second kappa shape index (κ2) is 8.89. The minimum atomic E-state index is -3.95. The first-order chi connectivity index (χ1) is 13.9. The topological polar surface area (TPSA) is 95.5 Å². The average Bonchev–Trinajstić information content (AvgIpc) is 2.73. The molecular weight excluding hydrogens is 388 g/mol. The zero-order chi connectivity index (χ0) is 20.9. The van der Waals surface area contributed by atoms with Gasteiger partial charge in [0.15, 0.2) is 0 Å². The number of sulfonamides is 1. The first kappa shape index (κ1) is 20.6. The van der Waals surface area contributed by atoms with E-state index in [0.717, 1.165) is 11.1 Å². The number of benzene rings is 3. The lowest BCUT2D eigenvalue weighted by Crippen LogP contribution is -2.25. The Kier molecular flexibility index (Phi) is 6.31. The predicted molar refractivity (Wildman–Crippen MR) is 112 cm³/mol. The molecule has 0 aliphatic rings. The van der Waals surface area contributed by atoms with Crippen molar-refractivity contribution >= 4 is 21.7 Å². The zero-order valence-electron chi connectivity index (χ0n) is 15.9. The molecule has 0 amide bonds. The van der Waals surface area contributed by atoms with E-state index in [1.54, 1.807) is 0 Å². The highest BCUT2D eigenvalue weighted by Crippen LogP contribution is 2.27. The number of nitrogens with one attached hydrogen (secondary N) is 2. The van der Waals surface area contributed by atoms with Gasteiger partial charge in [0, 0.05) is 12.6 Å². The van der Waals surface area contributed by atoms with Crippen LogP contribution < -0.4 is 10.0 Å². The van der Waals surface area contributed by atoms with Gasteiger partial charge in [-0.15, -0.1) is 0 Å². The molecule has 3 aromatic rings. The molecule has 3 N–H and O–H groups in total. The van der Waals surface area contributed by atoms with E-state index < -0.39 is 16.0 Å². The van der Waals surface area contributed by atoms with Crippen molar-refractivity contribution < 1.29 is 18.3 Å². The van der Waals surface area contributed by atoms with Crippen molar-refractivity contribution in [2.24, 2.45) is 0 Å². The van der Waals surface area contributed by atoms with Crippen LogP contribution in [0.15, 0.2) is 83.8 Å². The van der Waals surface area contributed by atoms with E-state index in [-0.39, 0.29) is 23.0 Å². The number of carboxylic acids is 1. The highest BCUT2D eigenvalue weighted by molar-refractivity contribution is 7.89. The fourth-order valence-electron chi connectivity index (χ4n) is 2.91. The molecule has 0 aliphatic carbocycles. The summed E-state index contributed by atoms with van der Waals surface area (Å²) in [5.41, 5.74) is 2.03. The third kappa shape index (κ3) is 5.22. The van der Waals surface area contributed by atoms with E-state index in [9.17, 15) is 18.3 Å². The molecule has 0 fully saturated rings. The van der Waals surface area contributed by atoms with Crippen LogP contribution in [-0.2, 0) is 16.6 Å². The third-order valence-corrected chi connectivity index (χ3v) is 5.94. The summed E-state index contributed by atoms with van der Waals surface area (Å²) in [6, 6.07) is 22.6. The first-order valence-corrected chi connectivity index (χ1v) is 10.6. The largest absolute Gasteiger partial charge is 0.478 e. The summed E-state index contributed by atoms with van der Waals surface area (Å²) >= 11 is 0. The summed E-state index contributed by atoms with van der Waals surface area (Å²) in [6.07, 6.45) is 0. The molecule has 0 spiro atoms. The molecule has 0 saturated carbocycles. The van der Waals surface area contributed by atoms with Gasteiger partial charge in [0.25, 0.3) is 0 Å². The number of anilines is 1. The Labute approximate surface area is 170 Å². The second-order valence-corrected chi connectivity index (χ2v) is 8.34. The van der Waals surface area contributed by atoms with Crippen LogP contribution in [0.3, 0.4) is 0 Å². The summed E-state index contributed by atoms with van der Waals surface area (Å²) in [4.78, 5) is 11.3. The smallest absolute Gasteiger partial charge is 0.335 e. The molecular formula is C22H22N2O4S. The van der Waals surface area contributed by atoms with E-state index in [2.05, 4.69) is 10.0 Å². The van der Waals surface area contributed by atoms with Crippen LogP contribution in [0.4, 0.5) is 5.69 Å². The van der Waals surface area contributed by atoms with Gasteiger partial charge in [-0.2, -0.15) is 0 Å². The minimum absolute atomic E-state index is 0.0944. The van der Waals surface area contributed by atoms with Crippen LogP contribution in [0, 0.1) is 0 Å². The van der Waals surface area contributed by atoms with Gasteiger partial charge in [0.05, 0.1) is 11.3 Å². The van der Waals surface area contributed by atoms with Gasteiger partial charge >= 0.3 is 5.97 Å². The van der Waals surface area contributed by atoms with Gasteiger partial charge in [0.1, 0.15) is 4.90 Å². The first-order valence-electron chi connectivity index (χ1n) is 9.09. The maximum atomic E-state index is 13.0. The van der Waals surface area contributed by atoms with Crippen molar-refractivity contribution in [3.63, 3.8) is 0 Å². The maximum absolute atomic E-state index is 13.0. The molecule has 0 radical (unpaired) electrons. The van der Waals surface area contributed by atoms with Gasteiger partial charge in [-0.1, -0.05) is 60.7 Å². The fourth-order valence-corrected chi connectivity index (χ4v) is 4.12. The number of hydrogen-bond donors (Lipinski definition) is 3. The van der Waals surface area contributed by atoms with Gasteiger partial charge in [-0.05, 0) is 36.2 Å². The molecule has 7 heteroatoms. The number of rotatable bonds is 8. The van der Waals surface area contributed by atoms with E-state index in [4.69, 9.17) is 0 Å². The fraction of sp³-hybridized carbons (Fsp3) is 0.136. The Morgan fingerprint density at radius 2 is 1.59 bits per heavy atom. The lowest BCUT2D eigenvalue weighted by Gasteiger charge is -2.19. The molecule has 3 rings (SSSR count). The summed E-state index contributed by atoms with van der Waals surface area (Å²) in [5, 5.41) is 12.5. The monoisotopic (exact) mass is 410 g/mol. The highest BCUT2D eigenvalue weighted by atomic mass is 32.2.